The molecule has 0 unspecified atom stereocenters. The van der Waals surface area contributed by atoms with Crippen LogP contribution in [0.3, 0.4) is 0 Å². The van der Waals surface area contributed by atoms with Gasteiger partial charge in [0, 0.05) is 17.2 Å². The Hall–Kier alpha value is -0.990. The molecule has 0 aliphatic carbocycles. The molecule has 3 nitrogen and oxygen atoms in total. The van der Waals surface area contributed by atoms with E-state index < -0.39 is 0 Å². The maximum atomic E-state index is 5.83. The van der Waals surface area contributed by atoms with E-state index in [1.165, 1.54) is 11.3 Å². The topological polar surface area (TPSA) is 54.7 Å². The van der Waals surface area contributed by atoms with Gasteiger partial charge in [0.25, 0.3) is 0 Å². The number of nitrogens with two attached hydrogens (primary N) is 1. The van der Waals surface area contributed by atoms with Gasteiger partial charge in [-0.1, -0.05) is 27.2 Å². The number of aromatic nitrogens is 2. The van der Waals surface area contributed by atoms with Crippen LogP contribution in [0, 0.1) is 0 Å². The number of nitrogens with zero attached hydrogens (tertiary/aromatic N) is 1. The molecule has 3 heteroatoms. The minimum Gasteiger partial charge on any atom is -0.382 e. The van der Waals surface area contributed by atoms with Crippen LogP contribution in [0.25, 0.3) is 0 Å². The van der Waals surface area contributed by atoms with Crippen LogP contribution in [0.5, 0.6) is 0 Å². The number of hydrogen-bond donors (Lipinski definition) is 2. The molecule has 0 fully saturated rings. The fourth-order valence-corrected chi connectivity index (χ4v) is 1.94. The van der Waals surface area contributed by atoms with Gasteiger partial charge >= 0.3 is 0 Å². The molecular formula is C11H21N3. The molecule has 1 aromatic rings. The zero-order chi connectivity index (χ0) is 10.6. The maximum Gasteiger partial charge on any atom is 0.148 e. The third kappa shape index (κ3) is 2.08. The van der Waals surface area contributed by atoms with E-state index in [9.17, 15) is 0 Å². The first kappa shape index (κ1) is 11.1. The van der Waals surface area contributed by atoms with E-state index in [2.05, 4.69) is 31.0 Å². The lowest BCUT2D eigenvalue weighted by molar-refractivity contribution is 0.613. The first-order chi connectivity index (χ1) is 6.74. The summed E-state index contributed by atoms with van der Waals surface area (Å²) >= 11 is 0. The molecular weight excluding hydrogens is 174 g/mol. The molecule has 0 saturated heterocycles. The smallest absolute Gasteiger partial charge is 0.148 e. The summed E-state index contributed by atoms with van der Waals surface area (Å²) in [5.41, 5.74) is 8.33. The van der Waals surface area contributed by atoms with Gasteiger partial charge in [0.2, 0.25) is 0 Å². The van der Waals surface area contributed by atoms with Crippen molar-refractivity contribution in [1.29, 1.82) is 0 Å². The first-order valence-electron chi connectivity index (χ1n) is 5.57. The largest absolute Gasteiger partial charge is 0.382 e. The van der Waals surface area contributed by atoms with Crippen molar-refractivity contribution in [1.82, 2.24) is 10.2 Å². The number of H-pyrrole nitrogens is 1. The molecule has 0 amide bonds. The summed E-state index contributed by atoms with van der Waals surface area (Å²) in [4.78, 5) is 0. The highest BCUT2D eigenvalue weighted by Crippen LogP contribution is 2.27. The molecule has 3 N–H and O–H groups in total. The van der Waals surface area contributed by atoms with Crippen LogP contribution >= 0.6 is 0 Å². The third-order valence-corrected chi connectivity index (χ3v) is 2.82. The molecule has 1 heterocycles. The Morgan fingerprint density at radius 2 is 1.93 bits per heavy atom. The molecule has 0 aliphatic rings. The fraction of sp³-hybridized carbons (Fsp3) is 0.727. The summed E-state index contributed by atoms with van der Waals surface area (Å²) < 4.78 is 0. The Morgan fingerprint density at radius 3 is 2.43 bits per heavy atom. The van der Waals surface area contributed by atoms with Gasteiger partial charge in [-0.2, -0.15) is 5.10 Å². The minimum absolute atomic E-state index is 0.585. The van der Waals surface area contributed by atoms with Crippen molar-refractivity contribution >= 4 is 5.82 Å². The number of hydrogen-bond acceptors (Lipinski definition) is 2. The zero-order valence-corrected chi connectivity index (χ0v) is 9.43. The minimum atomic E-state index is 0.585. The molecule has 0 spiro atoms. The summed E-state index contributed by atoms with van der Waals surface area (Å²) in [5.74, 6) is 1.27. The first-order valence-corrected chi connectivity index (χ1v) is 5.57. The van der Waals surface area contributed by atoms with Gasteiger partial charge in [0.05, 0.1) is 0 Å². The van der Waals surface area contributed by atoms with E-state index in [0.29, 0.717) is 11.7 Å². The van der Waals surface area contributed by atoms with Gasteiger partial charge < -0.3 is 5.73 Å². The van der Waals surface area contributed by atoms with Crippen molar-refractivity contribution in [3.63, 3.8) is 0 Å². The highest BCUT2D eigenvalue weighted by molar-refractivity contribution is 5.43. The standard InChI is InChI=1S/C11H21N3/c1-4-7-9-10(8(5-2)6-3)13-14-11(9)12/h8H,4-7H2,1-3H3,(H3,12,13,14). The molecule has 0 aromatic carbocycles. The van der Waals surface area contributed by atoms with Crippen molar-refractivity contribution in [2.45, 2.75) is 52.4 Å². The van der Waals surface area contributed by atoms with Gasteiger partial charge in [-0.15, -0.1) is 0 Å². The van der Waals surface area contributed by atoms with Crippen LogP contribution in [-0.2, 0) is 6.42 Å². The van der Waals surface area contributed by atoms with Gasteiger partial charge in [-0.25, -0.2) is 0 Å². The Bertz CT molecular complexity index is 274. The molecule has 0 saturated carbocycles. The number of nitrogen functional groups attached to an aromatic ring is 1. The van der Waals surface area contributed by atoms with E-state index in [-0.39, 0.29) is 0 Å². The molecule has 1 rings (SSSR count). The summed E-state index contributed by atoms with van der Waals surface area (Å²) in [6.45, 7) is 6.59. The molecule has 0 bridgehead atoms. The Labute approximate surface area is 86.1 Å². The third-order valence-electron chi connectivity index (χ3n) is 2.82. The van der Waals surface area contributed by atoms with Crippen LogP contribution in [0.15, 0.2) is 0 Å². The lowest BCUT2D eigenvalue weighted by atomic mass is 9.94. The number of anilines is 1. The summed E-state index contributed by atoms with van der Waals surface area (Å²) in [5, 5.41) is 7.19. The Kier molecular flexibility index (Phi) is 3.98. The van der Waals surface area contributed by atoms with Gasteiger partial charge in [0.15, 0.2) is 0 Å². The monoisotopic (exact) mass is 195 g/mol. The van der Waals surface area contributed by atoms with E-state index in [0.717, 1.165) is 25.7 Å². The quantitative estimate of drug-likeness (QED) is 0.759. The predicted octanol–water partition coefficient (Wildman–Crippen LogP) is 2.85. The van der Waals surface area contributed by atoms with Crippen molar-refractivity contribution in [3.8, 4) is 0 Å². The number of rotatable bonds is 5. The maximum absolute atomic E-state index is 5.83. The lowest BCUT2D eigenvalue weighted by Crippen LogP contribution is -2.01. The predicted molar refractivity (Wildman–Crippen MR) is 60.3 cm³/mol. The van der Waals surface area contributed by atoms with Crippen molar-refractivity contribution in [2.24, 2.45) is 0 Å². The second kappa shape index (κ2) is 5.03. The lowest BCUT2D eigenvalue weighted by Gasteiger charge is -2.12. The molecule has 14 heavy (non-hydrogen) atoms. The Morgan fingerprint density at radius 1 is 1.29 bits per heavy atom. The van der Waals surface area contributed by atoms with Crippen LogP contribution in [0.1, 0.15) is 57.2 Å². The van der Waals surface area contributed by atoms with E-state index in [1.54, 1.807) is 0 Å². The second-order valence-corrected chi connectivity index (χ2v) is 3.76. The average Bonchev–Trinajstić information content (AvgIpc) is 2.53. The molecule has 1 aromatic heterocycles. The Balaban J connectivity index is 2.94. The number of nitrogens with one attached hydrogen (secondary N) is 1. The molecule has 0 aliphatic heterocycles. The van der Waals surface area contributed by atoms with Gasteiger partial charge in [-0.3, -0.25) is 5.10 Å². The summed E-state index contributed by atoms with van der Waals surface area (Å²) in [6, 6.07) is 0. The van der Waals surface area contributed by atoms with Crippen molar-refractivity contribution < 1.29 is 0 Å². The fourth-order valence-electron chi connectivity index (χ4n) is 1.94. The van der Waals surface area contributed by atoms with Crippen LogP contribution in [0.4, 0.5) is 5.82 Å². The molecule has 0 radical (unpaired) electrons. The normalized spacial score (nSPS) is 11.1. The average molecular weight is 195 g/mol. The molecule has 80 valence electrons. The van der Waals surface area contributed by atoms with E-state index >= 15 is 0 Å². The zero-order valence-electron chi connectivity index (χ0n) is 9.43. The summed E-state index contributed by atoms with van der Waals surface area (Å²) in [7, 11) is 0. The number of aromatic amines is 1. The van der Waals surface area contributed by atoms with Crippen molar-refractivity contribution in [2.75, 3.05) is 5.73 Å². The highest BCUT2D eigenvalue weighted by atomic mass is 15.2. The van der Waals surface area contributed by atoms with E-state index in [1.807, 2.05) is 0 Å². The van der Waals surface area contributed by atoms with Crippen LogP contribution in [-0.4, -0.2) is 10.2 Å². The van der Waals surface area contributed by atoms with Crippen LogP contribution < -0.4 is 5.73 Å². The second-order valence-electron chi connectivity index (χ2n) is 3.76. The van der Waals surface area contributed by atoms with E-state index in [4.69, 9.17) is 5.73 Å². The van der Waals surface area contributed by atoms with Crippen LogP contribution in [0.2, 0.25) is 0 Å². The van der Waals surface area contributed by atoms with Gasteiger partial charge in [-0.05, 0) is 19.3 Å². The van der Waals surface area contributed by atoms with Crippen molar-refractivity contribution in [3.05, 3.63) is 11.3 Å². The highest BCUT2D eigenvalue weighted by Gasteiger charge is 2.16. The summed E-state index contributed by atoms with van der Waals surface area (Å²) in [6.07, 6.45) is 4.45. The molecule has 0 atom stereocenters. The van der Waals surface area contributed by atoms with Gasteiger partial charge in [0.1, 0.15) is 5.82 Å². The SMILES string of the molecule is CCCc1c(N)n[nH]c1C(CC)CC.